The molecule has 0 saturated heterocycles. The number of benzene rings is 1. The third-order valence-corrected chi connectivity index (χ3v) is 3.43. The van der Waals surface area contributed by atoms with Crippen LogP contribution in [0.4, 0.5) is 9.52 Å². The summed E-state index contributed by atoms with van der Waals surface area (Å²) in [7, 11) is 1.94. The Morgan fingerprint density at radius 3 is 2.78 bits per heavy atom. The molecule has 1 aromatic carbocycles. The first-order chi connectivity index (χ1) is 8.56. The van der Waals surface area contributed by atoms with Gasteiger partial charge in [-0.25, -0.2) is 9.37 Å². The van der Waals surface area contributed by atoms with E-state index in [4.69, 9.17) is 0 Å². The van der Waals surface area contributed by atoms with E-state index in [9.17, 15) is 4.39 Å². The van der Waals surface area contributed by atoms with E-state index >= 15 is 0 Å². The predicted molar refractivity (Wildman–Crippen MR) is 72.5 cm³/mol. The summed E-state index contributed by atoms with van der Waals surface area (Å²) >= 11 is 1.38. The van der Waals surface area contributed by atoms with Gasteiger partial charge in [-0.1, -0.05) is 26.0 Å². The Morgan fingerprint density at radius 2 is 2.17 bits per heavy atom. The maximum atomic E-state index is 13.1. The van der Waals surface area contributed by atoms with Crippen LogP contribution in [0.25, 0.3) is 0 Å². The van der Waals surface area contributed by atoms with E-state index < -0.39 is 0 Å². The molecule has 0 aliphatic rings. The van der Waals surface area contributed by atoms with Crippen molar-refractivity contribution in [2.24, 2.45) is 0 Å². The molecule has 0 bridgehead atoms. The highest BCUT2D eigenvalue weighted by molar-refractivity contribution is 7.09. The van der Waals surface area contributed by atoms with Gasteiger partial charge in [-0.05, 0) is 17.7 Å². The van der Waals surface area contributed by atoms with Crippen LogP contribution in [0.1, 0.15) is 31.2 Å². The number of rotatable bonds is 4. The quantitative estimate of drug-likeness (QED) is 0.848. The van der Waals surface area contributed by atoms with Crippen molar-refractivity contribution < 1.29 is 4.39 Å². The second-order valence-corrected chi connectivity index (χ2v) is 5.31. The molecule has 0 amide bonds. The van der Waals surface area contributed by atoms with E-state index in [1.54, 1.807) is 12.1 Å². The van der Waals surface area contributed by atoms with Crippen LogP contribution >= 0.6 is 11.5 Å². The molecule has 0 unspecified atom stereocenters. The molecular formula is C13H16FN3S. The predicted octanol–water partition coefficient (Wildman–Crippen LogP) is 3.44. The Labute approximate surface area is 110 Å². The summed E-state index contributed by atoms with van der Waals surface area (Å²) in [6, 6.07) is 6.62. The number of halogens is 1. The molecule has 0 spiro atoms. The van der Waals surface area contributed by atoms with Crippen LogP contribution in [0, 0.1) is 5.82 Å². The van der Waals surface area contributed by atoms with Gasteiger partial charge in [-0.3, -0.25) is 0 Å². The molecule has 2 aromatic rings. The van der Waals surface area contributed by atoms with Crippen molar-refractivity contribution in [2.75, 3.05) is 11.9 Å². The highest BCUT2D eigenvalue weighted by Crippen LogP contribution is 2.21. The van der Waals surface area contributed by atoms with Crippen LogP contribution < -0.4 is 4.90 Å². The molecule has 0 atom stereocenters. The summed E-state index contributed by atoms with van der Waals surface area (Å²) in [4.78, 5) is 6.45. The number of hydrogen-bond acceptors (Lipinski definition) is 4. The lowest BCUT2D eigenvalue weighted by Gasteiger charge is -2.15. The van der Waals surface area contributed by atoms with Gasteiger partial charge in [0.2, 0.25) is 5.13 Å². The van der Waals surface area contributed by atoms with E-state index in [0.717, 1.165) is 16.5 Å². The SMILES string of the molecule is CC(C)c1nsc(N(C)Cc2cccc(F)c2)n1. The lowest BCUT2D eigenvalue weighted by atomic mass is 10.2. The van der Waals surface area contributed by atoms with Crippen molar-refractivity contribution in [3.05, 3.63) is 41.5 Å². The Bertz CT molecular complexity index is 524. The number of anilines is 1. The monoisotopic (exact) mass is 265 g/mol. The van der Waals surface area contributed by atoms with Crippen molar-refractivity contribution >= 4 is 16.7 Å². The summed E-state index contributed by atoms with van der Waals surface area (Å²) in [5, 5.41) is 0.864. The molecule has 0 aliphatic carbocycles. The maximum absolute atomic E-state index is 13.1. The number of aromatic nitrogens is 2. The third-order valence-electron chi connectivity index (χ3n) is 2.58. The van der Waals surface area contributed by atoms with E-state index in [-0.39, 0.29) is 5.82 Å². The van der Waals surface area contributed by atoms with Gasteiger partial charge < -0.3 is 4.90 Å². The zero-order chi connectivity index (χ0) is 13.1. The fourth-order valence-electron chi connectivity index (χ4n) is 1.59. The molecule has 0 aliphatic heterocycles. The number of nitrogens with zero attached hydrogens (tertiary/aromatic N) is 3. The molecule has 5 heteroatoms. The summed E-state index contributed by atoms with van der Waals surface area (Å²) < 4.78 is 17.4. The average Bonchev–Trinajstić information content (AvgIpc) is 2.78. The van der Waals surface area contributed by atoms with Gasteiger partial charge in [0.05, 0.1) is 0 Å². The normalized spacial score (nSPS) is 10.9. The van der Waals surface area contributed by atoms with E-state index in [0.29, 0.717) is 12.5 Å². The van der Waals surface area contributed by atoms with Gasteiger partial charge >= 0.3 is 0 Å². The minimum Gasteiger partial charge on any atom is -0.346 e. The highest BCUT2D eigenvalue weighted by atomic mass is 32.1. The van der Waals surface area contributed by atoms with Crippen molar-refractivity contribution in [3.63, 3.8) is 0 Å². The molecular weight excluding hydrogens is 249 g/mol. The van der Waals surface area contributed by atoms with E-state index in [1.165, 1.54) is 17.6 Å². The fraction of sp³-hybridized carbons (Fsp3) is 0.385. The van der Waals surface area contributed by atoms with Gasteiger partial charge in [-0.15, -0.1) is 0 Å². The largest absolute Gasteiger partial charge is 0.346 e. The van der Waals surface area contributed by atoms with Crippen LogP contribution in [0.3, 0.4) is 0 Å². The molecule has 0 fully saturated rings. The molecule has 18 heavy (non-hydrogen) atoms. The van der Waals surface area contributed by atoms with Crippen LogP contribution in [0.5, 0.6) is 0 Å². The molecule has 3 nitrogen and oxygen atoms in total. The highest BCUT2D eigenvalue weighted by Gasteiger charge is 2.11. The van der Waals surface area contributed by atoms with Crippen LogP contribution in [-0.4, -0.2) is 16.4 Å². The molecule has 96 valence electrons. The van der Waals surface area contributed by atoms with Gasteiger partial charge in [-0.2, -0.15) is 4.37 Å². The van der Waals surface area contributed by atoms with Gasteiger partial charge in [0.15, 0.2) is 0 Å². The summed E-state index contributed by atoms with van der Waals surface area (Å²) in [5.74, 6) is 0.986. The van der Waals surface area contributed by atoms with E-state index in [2.05, 4.69) is 23.2 Å². The lowest BCUT2D eigenvalue weighted by molar-refractivity contribution is 0.625. The number of hydrogen-bond donors (Lipinski definition) is 0. The van der Waals surface area contributed by atoms with Crippen molar-refractivity contribution in [3.8, 4) is 0 Å². The lowest BCUT2D eigenvalue weighted by Crippen LogP contribution is -2.16. The Hall–Kier alpha value is -1.49. The Kier molecular flexibility index (Phi) is 3.91. The summed E-state index contributed by atoms with van der Waals surface area (Å²) in [6.45, 7) is 4.77. The van der Waals surface area contributed by atoms with Crippen molar-refractivity contribution in [1.29, 1.82) is 0 Å². The first-order valence-corrected chi connectivity index (χ1v) is 6.63. The second kappa shape index (κ2) is 5.44. The first kappa shape index (κ1) is 13.0. The van der Waals surface area contributed by atoms with Crippen molar-refractivity contribution in [1.82, 2.24) is 9.36 Å². The minimum absolute atomic E-state index is 0.207. The molecule has 2 rings (SSSR count). The third kappa shape index (κ3) is 3.04. The van der Waals surface area contributed by atoms with Crippen molar-refractivity contribution in [2.45, 2.75) is 26.3 Å². The topological polar surface area (TPSA) is 29.0 Å². The second-order valence-electron chi connectivity index (χ2n) is 4.58. The zero-order valence-electron chi connectivity index (χ0n) is 10.7. The van der Waals surface area contributed by atoms with Gasteiger partial charge in [0.25, 0.3) is 0 Å². The van der Waals surface area contributed by atoms with Crippen LogP contribution in [0.15, 0.2) is 24.3 Å². The summed E-state index contributed by atoms with van der Waals surface area (Å²) in [6.07, 6.45) is 0. The maximum Gasteiger partial charge on any atom is 0.205 e. The minimum atomic E-state index is -0.207. The van der Waals surface area contributed by atoms with Gasteiger partial charge in [0, 0.05) is 31.0 Å². The molecule has 1 aromatic heterocycles. The summed E-state index contributed by atoms with van der Waals surface area (Å²) in [5.41, 5.74) is 0.929. The van der Waals surface area contributed by atoms with E-state index in [1.807, 2.05) is 18.0 Å². The van der Waals surface area contributed by atoms with Crippen LogP contribution in [-0.2, 0) is 6.54 Å². The smallest absolute Gasteiger partial charge is 0.205 e. The first-order valence-electron chi connectivity index (χ1n) is 5.85. The Morgan fingerprint density at radius 1 is 1.39 bits per heavy atom. The average molecular weight is 265 g/mol. The van der Waals surface area contributed by atoms with Gasteiger partial charge in [0.1, 0.15) is 11.6 Å². The van der Waals surface area contributed by atoms with Crippen LogP contribution in [0.2, 0.25) is 0 Å². The zero-order valence-corrected chi connectivity index (χ0v) is 11.5. The molecule has 0 radical (unpaired) electrons. The Balaban J connectivity index is 2.09. The fourth-order valence-corrected chi connectivity index (χ4v) is 2.36. The molecule has 0 N–H and O–H groups in total. The standard InChI is InChI=1S/C13H16FN3S/c1-9(2)12-15-13(18-16-12)17(3)8-10-5-4-6-11(14)7-10/h4-7,9H,8H2,1-3H3. The molecule has 1 heterocycles. The molecule has 0 saturated carbocycles.